The number of hydrogen-bond acceptors (Lipinski definition) is 5. The predicted molar refractivity (Wildman–Crippen MR) is 99.2 cm³/mol. The lowest BCUT2D eigenvalue weighted by Crippen LogP contribution is -2.44. The van der Waals surface area contributed by atoms with Crippen LogP contribution in [0.4, 0.5) is 0 Å². The van der Waals surface area contributed by atoms with E-state index in [1.807, 2.05) is 51.1 Å². The highest BCUT2D eigenvalue weighted by atomic mass is 32.1. The van der Waals surface area contributed by atoms with E-state index in [0.29, 0.717) is 11.6 Å². The first kappa shape index (κ1) is 18.9. The molecular weight excluding hydrogens is 336 g/mol. The summed E-state index contributed by atoms with van der Waals surface area (Å²) < 4.78 is 4.67. The van der Waals surface area contributed by atoms with Gasteiger partial charge in [-0.2, -0.15) is 0 Å². The molecule has 6 heteroatoms. The van der Waals surface area contributed by atoms with Crippen molar-refractivity contribution in [3.05, 3.63) is 58.1 Å². The highest BCUT2D eigenvalue weighted by Gasteiger charge is 2.26. The number of hydrogen-bond donors (Lipinski definition) is 0. The Kier molecular flexibility index (Phi) is 6.09. The van der Waals surface area contributed by atoms with Gasteiger partial charge in [0.25, 0.3) is 0 Å². The van der Waals surface area contributed by atoms with E-state index in [-0.39, 0.29) is 17.1 Å². The molecule has 2 rings (SSSR count). The first-order chi connectivity index (χ1) is 11.8. The minimum Gasteiger partial charge on any atom is -0.464 e. The quantitative estimate of drug-likeness (QED) is 0.603. The number of esters is 1. The van der Waals surface area contributed by atoms with Gasteiger partial charge in [0.1, 0.15) is 5.01 Å². The van der Waals surface area contributed by atoms with E-state index in [1.165, 1.54) is 18.4 Å². The van der Waals surface area contributed by atoms with E-state index in [1.54, 1.807) is 22.4 Å². The number of aromatic nitrogens is 1. The smallest absolute Gasteiger partial charge is 0.357 e. The lowest BCUT2D eigenvalue weighted by molar-refractivity contribution is -0.131. The molecular formula is C19H22N2O3S. The van der Waals surface area contributed by atoms with Gasteiger partial charge in [-0.25, -0.2) is 9.78 Å². The van der Waals surface area contributed by atoms with Gasteiger partial charge in [0.05, 0.1) is 13.7 Å². The van der Waals surface area contributed by atoms with Crippen LogP contribution in [0.2, 0.25) is 0 Å². The third kappa shape index (κ3) is 5.26. The van der Waals surface area contributed by atoms with Gasteiger partial charge in [-0.15, -0.1) is 11.3 Å². The first-order valence-electron chi connectivity index (χ1n) is 7.88. The number of rotatable bonds is 5. The Morgan fingerprint density at radius 2 is 1.92 bits per heavy atom. The van der Waals surface area contributed by atoms with Crippen LogP contribution in [0, 0.1) is 0 Å². The maximum absolute atomic E-state index is 12.7. The number of amides is 1. The molecule has 1 amide bonds. The van der Waals surface area contributed by atoms with E-state index in [4.69, 9.17) is 0 Å². The zero-order valence-corrected chi connectivity index (χ0v) is 15.7. The second kappa shape index (κ2) is 8.07. The number of benzene rings is 1. The summed E-state index contributed by atoms with van der Waals surface area (Å²) in [5, 5.41) is 2.34. The van der Waals surface area contributed by atoms with Crippen LogP contribution in [-0.4, -0.2) is 34.4 Å². The van der Waals surface area contributed by atoms with Crippen molar-refractivity contribution in [3.8, 4) is 0 Å². The molecule has 0 spiro atoms. The van der Waals surface area contributed by atoms with Gasteiger partial charge in [-0.05, 0) is 32.4 Å². The maximum atomic E-state index is 12.7. The summed E-state index contributed by atoms with van der Waals surface area (Å²) in [7, 11) is 1.32. The number of methoxy groups -OCH3 is 1. The normalized spacial score (nSPS) is 11.5. The lowest BCUT2D eigenvalue weighted by atomic mass is 10.1. The Bertz CT molecular complexity index is 760. The van der Waals surface area contributed by atoms with Crippen molar-refractivity contribution in [1.29, 1.82) is 0 Å². The van der Waals surface area contributed by atoms with E-state index >= 15 is 0 Å². The summed E-state index contributed by atoms with van der Waals surface area (Å²) in [6.07, 6.45) is 3.36. The van der Waals surface area contributed by atoms with Gasteiger partial charge < -0.3 is 9.64 Å². The van der Waals surface area contributed by atoms with Crippen LogP contribution in [0.5, 0.6) is 0 Å². The summed E-state index contributed by atoms with van der Waals surface area (Å²) in [6.45, 7) is 6.24. The summed E-state index contributed by atoms with van der Waals surface area (Å²) in [5.41, 5.74) is 0.852. The van der Waals surface area contributed by atoms with Crippen LogP contribution in [-0.2, 0) is 16.1 Å². The van der Waals surface area contributed by atoms with Crippen molar-refractivity contribution in [2.24, 2.45) is 0 Å². The Morgan fingerprint density at radius 3 is 2.52 bits per heavy atom. The highest BCUT2D eigenvalue weighted by molar-refractivity contribution is 7.09. The molecule has 0 bridgehead atoms. The predicted octanol–water partition coefficient (Wildman–Crippen LogP) is 3.77. The molecule has 1 aromatic heterocycles. The Balaban J connectivity index is 2.16. The molecule has 0 radical (unpaired) electrons. The Hall–Kier alpha value is -2.47. The van der Waals surface area contributed by atoms with Gasteiger partial charge in [0.15, 0.2) is 5.69 Å². The summed E-state index contributed by atoms with van der Waals surface area (Å²) in [5.74, 6) is -0.578. The standard InChI is InChI=1S/C19H22N2O3S/c1-19(2,3)21(12-16-20-15(13-25-16)18(23)24-4)17(22)11-10-14-8-6-5-7-9-14/h5-11,13H,12H2,1-4H3. The molecule has 0 saturated carbocycles. The number of carbonyl (C=O) groups excluding carboxylic acids is 2. The van der Waals surface area contributed by atoms with E-state index < -0.39 is 5.97 Å². The zero-order valence-electron chi connectivity index (χ0n) is 14.9. The highest BCUT2D eigenvalue weighted by Crippen LogP contribution is 2.21. The summed E-state index contributed by atoms with van der Waals surface area (Å²) in [4.78, 5) is 30.2. The molecule has 0 fully saturated rings. The van der Waals surface area contributed by atoms with Crippen molar-refractivity contribution in [2.45, 2.75) is 32.9 Å². The number of ether oxygens (including phenoxy) is 1. The van der Waals surface area contributed by atoms with Crippen LogP contribution in [0.15, 0.2) is 41.8 Å². The van der Waals surface area contributed by atoms with E-state index in [2.05, 4.69) is 9.72 Å². The molecule has 0 saturated heterocycles. The third-order valence-electron chi connectivity index (χ3n) is 3.53. The molecule has 25 heavy (non-hydrogen) atoms. The molecule has 0 aliphatic rings. The van der Waals surface area contributed by atoms with Crippen molar-refractivity contribution in [1.82, 2.24) is 9.88 Å². The van der Waals surface area contributed by atoms with Gasteiger partial charge in [-0.3, -0.25) is 4.79 Å². The average molecular weight is 358 g/mol. The Labute approximate surface area is 152 Å². The molecule has 0 N–H and O–H groups in total. The largest absolute Gasteiger partial charge is 0.464 e. The number of carbonyl (C=O) groups is 2. The molecule has 1 heterocycles. The van der Waals surface area contributed by atoms with Gasteiger partial charge in [-0.1, -0.05) is 30.3 Å². The molecule has 132 valence electrons. The van der Waals surface area contributed by atoms with E-state index in [9.17, 15) is 9.59 Å². The first-order valence-corrected chi connectivity index (χ1v) is 8.76. The molecule has 0 unspecified atom stereocenters. The topological polar surface area (TPSA) is 59.5 Å². The van der Waals surface area contributed by atoms with Crippen LogP contribution in [0.1, 0.15) is 41.8 Å². The molecule has 0 aliphatic heterocycles. The second-order valence-electron chi connectivity index (χ2n) is 6.46. The summed E-state index contributed by atoms with van der Waals surface area (Å²) >= 11 is 1.34. The number of nitrogens with zero attached hydrogens (tertiary/aromatic N) is 2. The molecule has 5 nitrogen and oxygen atoms in total. The second-order valence-corrected chi connectivity index (χ2v) is 7.40. The lowest BCUT2D eigenvalue weighted by Gasteiger charge is -2.34. The van der Waals surface area contributed by atoms with Crippen molar-refractivity contribution >= 4 is 29.3 Å². The van der Waals surface area contributed by atoms with Gasteiger partial charge >= 0.3 is 5.97 Å². The fourth-order valence-electron chi connectivity index (χ4n) is 2.18. The SMILES string of the molecule is COC(=O)c1csc(CN(C(=O)C=Cc2ccccc2)C(C)(C)C)n1. The maximum Gasteiger partial charge on any atom is 0.357 e. The van der Waals surface area contributed by atoms with Gasteiger partial charge in [0.2, 0.25) is 5.91 Å². The number of thiazole rings is 1. The molecule has 2 aromatic rings. The minimum atomic E-state index is -0.472. The van der Waals surface area contributed by atoms with Gasteiger partial charge in [0, 0.05) is 17.0 Å². The molecule has 0 aliphatic carbocycles. The fourth-order valence-corrected chi connectivity index (χ4v) is 2.94. The zero-order chi connectivity index (χ0) is 18.4. The van der Waals surface area contributed by atoms with Crippen molar-refractivity contribution in [3.63, 3.8) is 0 Å². The van der Waals surface area contributed by atoms with Crippen LogP contribution >= 0.6 is 11.3 Å². The minimum absolute atomic E-state index is 0.105. The van der Waals surface area contributed by atoms with Crippen molar-refractivity contribution in [2.75, 3.05) is 7.11 Å². The van der Waals surface area contributed by atoms with Crippen LogP contribution in [0.25, 0.3) is 6.08 Å². The monoisotopic (exact) mass is 358 g/mol. The summed E-state index contributed by atoms with van der Waals surface area (Å²) in [6, 6.07) is 9.66. The fraction of sp³-hybridized carbons (Fsp3) is 0.316. The molecule has 1 aromatic carbocycles. The Morgan fingerprint density at radius 1 is 1.24 bits per heavy atom. The average Bonchev–Trinajstić information content (AvgIpc) is 3.05. The third-order valence-corrected chi connectivity index (χ3v) is 4.37. The van der Waals surface area contributed by atoms with Crippen molar-refractivity contribution < 1.29 is 14.3 Å². The van der Waals surface area contributed by atoms with Crippen LogP contribution in [0.3, 0.4) is 0 Å². The van der Waals surface area contributed by atoms with Crippen LogP contribution < -0.4 is 0 Å². The van der Waals surface area contributed by atoms with E-state index in [0.717, 1.165) is 5.56 Å². The molecule has 0 atom stereocenters.